The minimum Gasteiger partial charge on any atom is -0.301 e. The van der Waals surface area contributed by atoms with Gasteiger partial charge in [-0.2, -0.15) is 0 Å². The van der Waals surface area contributed by atoms with Crippen molar-refractivity contribution in [1.29, 1.82) is 0 Å². The molecular weight excluding hydrogens is 280 g/mol. The van der Waals surface area contributed by atoms with Crippen LogP contribution in [-0.2, 0) is 4.79 Å². The number of rotatable bonds is 3. The van der Waals surface area contributed by atoms with Crippen LogP contribution in [0.15, 0.2) is 5.38 Å². The first-order valence-electron chi connectivity index (χ1n) is 8.47. The molecule has 112 valence electrons. The molecule has 1 heterocycles. The van der Waals surface area contributed by atoms with Crippen molar-refractivity contribution in [1.82, 2.24) is 4.98 Å². The van der Waals surface area contributed by atoms with Crippen LogP contribution in [-0.4, -0.2) is 10.9 Å². The molecule has 0 radical (unpaired) electrons. The lowest BCUT2D eigenvalue weighted by Crippen LogP contribution is -2.51. The van der Waals surface area contributed by atoms with Gasteiger partial charge in [-0.15, -0.1) is 11.3 Å². The van der Waals surface area contributed by atoms with E-state index in [0.717, 1.165) is 42.1 Å². The van der Waals surface area contributed by atoms with E-state index in [1.165, 1.54) is 37.8 Å². The van der Waals surface area contributed by atoms with Crippen molar-refractivity contribution < 1.29 is 4.79 Å². The highest BCUT2D eigenvalue weighted by Gasteiger charge is 2.54. The van der Waals surface area contributed by atoms with Crippen molar-refractivity contribution in [2.75, 3.05) is 5.32 Å². The summed E-state index contributed by atoms with van der Waals surface area (Å²) < 4.78 is 0. The lowest BCUT2D eigenvalue weighted by Gasteiger charge is -2.55. The molecule has 5 fully saturated rings. The normalized spacial score (nSPS) is 40.5. The fraction of sp³-hybridized carbons (Fsp3) is 0.765. The second-order valence-electron chi connectivity index (χ2n) is 8.00. The number of nitrogens with zero attached hydrogens (tertiary/aromatic N) is 1. The molecule has 1 amide bonds. The molecule has 0 atom stereocenters. The van der Waals surface area contributed by atoms with Crippen molar-refractivity contribution >= 4 is 22.4 Å². The number of nitrogens with one attached hydrogen (secondary N) is 1. The number of amides is 1. The van der Waals surface area contributed by atoms with Gasteiger partial charge in [0.2, 0.25) is 5.91 Å². The molecule has 0 unspecified atom stereocenters. The lowest BCUT2D eigenvalue weighted by atomic mass is 9.49. The highest BCUT2D eigenvalue weighted by molar-refractivity contribution is 7.13. The first-order valence-corrected chi connectivity index (χ1v) is 9.35. The second-order valence-corrected chi connectivity index (χ2v) is 8.86. The van der Waals surface area contributed by atoms with Gasteiger partial charge in [-0.25, -0.2) is 4.98 Å². The highest BCUT2D eigenvalue weighted by Crippen LogP contribution is 2.60. The van der Waals surface area contributed by atoms with E-state index in [0.29, 0.717) is 5.92 Å². The minimum atomic E-state index is -0.0554. The Bertz CT molecular complexity index is 554. The molecule has 1 aromatic heterocycles. The van der Waals surface area contributed by atoms with Gasteiger partial charge < -0.3 is 5.32 Å². The molecule has 1 aromatic rings. The van der Waals surface area contributed by atoms with Crippen LogP contribution >= 0.6 is 11.3 Å². The summed E-state index contributed by atoms with van der Waals surface area (Å²) >= 11 is 1.61. The van der Waals surface area contributed by atoms with Crippen LogP contribution in [0.4, 0.5) is 5.13 Å². The van der Waals surface area contributed by atoms with Crippen molar-refractivity contribution in [3.05, 3.63) is 11.1 Å². The second kappa shape index (κ2) is 4.31. The molecule has 5 aliphatic rings. The topological polar surface area (TPSA) is 42.0 Å². The summed E-state index contributed by atoms with van der Waals surface area (Å²) in [6, 6.07) is 0. The predicted octanol–water partition coefficient (Wildman–Crippen LogP) is 4.18. The maximum absolute atomic E-state index is 12.9. The van der Waals surface area contributed by atoms with Gasteiger partial charge in [-0.05, 0) is 69.1 Å². The van der Waals surface area contributed by atoms with E-state index in [-0.39, 0.29) is 11.3 Å². The van der Waals surface area contributed by atoms with Crippen LogP contribution in [0.2, 0.25) is 0 Å². The molecule has 1 N–H and O–H groups in total. The summed E-state index contributed by atoms with van der Waals surface area (Å²) in [4.78, 5) is 17.5. The SMILES string of the molecule is O=C(Nc1nc(C2CC2)cs1)C12CC3CC(CC(C3)C1)C2. The largest absolute Gasteiger partial charge is 0.301 e. The highest BCUT2D eigenvalue weighted by atomic mass is 32.1. The van der Waals surface area contributed by atoms with E-state index in [1.807, 2.05) is 0 Å². The zero-order chi connectivity index (χ0) is 14.0. The minimum absolute atomic E-state index is 0.0554. The van der Waals surface area contributed by atoms with Crippen LogP contribution in [0.1, 0.15) is 63.0 Å². The van der Waals surface area contributed by atoms with Gasteiger partial charge in [-0.3, -0.25) is 4.79 Å². The molecule has 3 nitrogen and oxygen atoms in total. The Morgan fingerprint density at radius 3 is 2.33 bits per heavy atom. The summed E-state index contributed by atoms with van der Waals surface area (Å²) in [5.74, 6) is 3.41. The van der Waals surface area contributed by atoms with Gasteiger partial charge in [0.25, 0.3) is 0 Å². The third kappa shape index (κ3) is 2.06. The number of aromatic nitrogens is 1. The first-order chi connectivity index (χ1) is 10.2. The Hall–Kier alpha value is -0.900. The Labute approximate surface area is 129 Å². The number of thiazole rings is 1. The Kier molecular flexibility index (Phi) is 2.59. The molecule has 0 aromatic carbocycles. The zero-order valence-corrected chi connectivity index (χ0v) is 13.1. The van der Waals surface area contributed by atoms with Gasteiger partial charge in [0, 0.05) is 11.3 Å². The molecule has 6 rings (SSSR count). The van der Waals surface area contributed by atoms with Crippen LogP contribution in [0, 0.1) is 23.2 Å². The molecule has 0 saturated heterocycles. The Balaban J connectivity index is 1.35. The van der Waals surface area contributed by atoms with Gasteiger partial charge in [0.1, 0.15) is 0 Å². The van der Waals surface area contributed by atoms with Crippen LogP contribution in [0.5, 0.6) is 0 Å². The van der Waals surface area contributed by atoms with Gasteiger partial charge in [-0.1, -0.05) is 0 Å². The Morgan fingerprint density at radius 2 is 1.76 bits per heavy atom. The van der Waals surface area contributed by atoms with Gasteiger partial charge in [0.05, 0.1) is 11.1 Å². The zero-order valence-electron chi connectivity index (χ0n) is 12.3. The van der Waals surface area contributed by atoms with Crippen molar-refractivity contribution in [3.8, 4) is 0 Å². The average Bonchev–Trinajstić information content (AvgIpc) is 3.18. The third-order valence-corrected chi connectivity index (χ3v) is 7.03. The molecule has 5 saturated carbocycles. The fourth-order valence-electron chi connectivity index (χ4n) is 5.53. The van der Waals surface area contributed by atoms with Gasteiger partial charge >= 0.3 is 0 Å². The van der Waals surface area contributed by atoms with Crippen LogP contribution < -0.4 is 5.32 Å². The molecule has 5 aliphatic carbocycles. The number of anilines is 1. The third-order valence-electron chi connectivity index (χ3n) is 6.26. The predicted molar refractivity (Wildman–Crippen MR) is 83.3 cm³/mol. The molecule has 0 aliphatic heterocycles. The molecular formula is C17H22N2OS. The number of hydrogen-bond donors (Lipinski definition) is 1. The summed E-state index contributed by atoms with van der Waals surface area (Å²) in [7, 11) is 0. The van der Waals surface area contributed by atoms with Crippen molar-refractivity contribution in [2.45, 2.75) is 57.3 Å². The van der Waals surface area contributed by atoms with Crippen LogP contribution in [0.3, 0.4) is 0 Å². The standard InChI is InChI=1S/C17H22N2OS/c20-15(19-16-18-14(9-21-16)13-1-2-13)17-6-10-3-11(7-17)5-12(4-10)8-17/h9-13H,1-8H2,(H,18,19,20). The quantitative estimate of drug-likeness (QED) is 0.910. The first kappa shape index (κ1) is 12.6. The maximum atomic E-state index is 12.9. The summed E-state index contributed by atoms with van der Waals surface area (Å²) in [5, 5.41) is 6.13. The summed E-state index contributed by atoms with van der Waals surface area (Å²) in [6.07, 6.45) is 10.1. The Morgan fingerprint density at radius 1 is 1.14 bits per heavy atom. The molecule has 4 heteroatoms. The van der Waals surface area contributed by atoms with E-state index in [9.17, 15) is 4.79 Å². The molecule has 0 spiro atoms. The number of hydrogen-bond acceptors (Lipinski definition) is 3. The smallest absolute Gasteiger partial charge is 0.232 e. The molecule has 4 bridgehead atoms. The fourth-order valence-corrected chi connectivity index (χ4v) is 6.32. The average molecular weight is 302 g/mol. The van der Waals surface area contributed by atoms with E-state index >= 15 is 0 Å². The van der Waals surface area contributed by atoms with Gasteiger partial charge in [0.15, 0.2) is 5.13 Å². The number of carbonyl (C=O) groups is 1. The van der Waals surface area contributed by atoms with E-state index < -0.39 is 0 Å². The van der Waals surface area contributed by atoms with Crippen molar-refractivity contribution in [2.24, 2.45) is 23.2 Å². The monoisotopic (exact) mass is 302 g/mol. The van der Waals surface area contributed by atoms with E-state index in [1.54, 1.807) is 11.3 Å². The number of carbonyl (C=O) groups excluding carboxylic acids is 1. The lowest BCUT2D eigenvalue weighted by molar-refractivity contribution is -0.140. The summed E-state index contributed by atoms with van der Waals surface area (Å²) in [6.45, 7) is 0. The maximum Gasteiger partial charge on any atom is 0.232 e. The summed E-state index contributed by atoms with van der Waals surface area (Å²) in [5.41, 5.74) is 1.14. The van der Waals surface area contributed by atoms with E-state index in [2.05, 4.69) is 15.7 Å². The van der Waals surface area contributed by atoms with Crippen molar-refractivity contribution in [3.63, 3.8) is 0 Å². The van der Waals surface area contributed by atoms with E-state index in [4.69, 9.17) is 0 Å². The van der Waals surface area contributed by atoms with Crippen LogP contribution in [0.25, 0.3) is 0 Å². The molecule has 21 heavy (non-hydrogen) atoms.